The summed E-state index contributed by atoms with van der Waals surface area (Å²) in [6.07, 6.45) is 1.83. The summed E-state index contributed by atoms with van der Waals surface area (Å²) in [7, 11) is 0. The highest BCUT2D eigenvalue weighted by Crippen LogP contribution is 2.12. The molecule has 1 aromatic carbocycles. The SMILES string of the molecule is NC(=O)CN1CCC(NCc2ccc(F)c(F)c2)CC1. The van der Waals surface area contributed by atoms with Crippen molar-refractivity contribution in [2.24, 2.45) is 5.73 Å². The highest BCUT2D eigenvalue weighted by molar-refractivity contribution is 5.75. The van der Waals surface area contributed by atoms with Crippen LogP contribution >= 0.6 is 0 Å². The van der Waals surface area contributed by atoms with Gasteiger partial charge < -0.3 is 11.1 Å². The smallest absolute Gasteiger partial charge is 0.231 e. The Morgan fingerprint density at radius 3 is 2.60 bits per heavy atom. The first-order valence-electron chi connectivity index (χ1n) is 6.72. The molecule has 0 unspecified atom stereocenters. The molecule has 1 aliphatic heterocycles. The minimum Gasteiger partial charge on any atom is -0.369 e. The molecule has 0 aromatic heterocycles. The average Bonchev–Trinajstić information content (AvgIpc) is 2.41. The molecule has 0 saturated carbocycles. The standard InChI is InChI=1S/C14H19F2N3O/c15-12-2-1-10(7-13(12)16)8-18-11-3-5-19(6-4-11)9-14(17)20/h1-2,7,11,18H,3-6,8-9H2,(H2,17,20). The first-order valence-corrected chi connectivity index (χ1v) is 6.72. The number of halogens is 2. The van der Waals surface area contributed by atoms with Crippen molar-refractivity contribution in [2.75, 3.05) is 19.6 Å². The lowest BCUT2D eigenvalue weighted by Crippen LogP contribution is -2.45. The Kier molecular flexibility index (Phi) is 5.03. The van der Waals surface area contributed by atoms with Crippen LogP contribution in [0, 0.1) is 11.6 Å². The number of amides is 1. The topological polar surface area (TPSA) is 58.4 Å². The molecule has 1 aromatic rings. The number of hydrogen-bond donors (Lipinski definition) is 2. The van der Waals surface area contributed by atoms with Crippen LogP contribution in [0.2, 0.25) is 0 Å². The molecule has 6 heteroatoms. The monoisotopic (exact) mass is 283 g/mol. The number of nitrogens with two attached hydrogens (primary N) is 1. The van der Waals surface area contributed by atoms with Crippen molar-refractivity contribution in [3.05, 3.63) is 35.4 Å². The van der Waals surface area contributed by atoms with Crippen LogP contribution in [-0.4, -0.2) is 36.5 Å². The van der Waals surface area contributed by atoms with Gasteiger partial charge in [0.05, 0.1) is 6.54 Å². The van der Waals surface area contributed by atoms with E-state index >= 15 is 0 Å². The second-order valence-electron chi connectivity index (χ2n) is 5.15. The predicted octanol–water partition coefficient (Wildman–Crippen LogP) is 1.00. The van der Waals surface area contributed by atoms with E-state index in [-0.39, 0.29) is 5.91 Å². The molecular weight excluding hydrogens is 264 g/mol. The minimum atomic E-state index is -0.825. The molecule has 0 bridgehead atoms. The molecule has 1 heterocycles. The Hall–Kier alpha value is -1.53. The Labute approximate surface area is 116 Å². The summed E-state index contributed by atoms with van der Waals surface area (Å²) in [5, 5.41) is 3.33. The summed E-state index contributed by atoms with van der Waals surface area (Å²) in [6, 6.07) is 4.26. The number of likely N-dealkylation sites (tertiary alicyclic amines) is 1. The van der Waals surface area contributed by atoms with Crippen LogP contribution in [0.4, 0.5) is 8.78 Å². The molecular formula is C14H19F2N3O. The fourth-order valence-electron chi connectivity index (χ4n) is 2.43. The zero-order chi connectivity index (χ0) is 14.5. The Morgan fingerprint density at radius 1 is 1.30 bits per heavy atom. The summed E-state index contributed by atoms with van der Waals surface area (Å²) >= 11 is 0. The number of nitrogens with zero attached hydrogens (tertiary/aromatic N) is 1. The van der Waals surface area contributed by atoms with E-state index in [1.807, 2.05) is 4.90 Å². The van der Waals surface area contributed by atoms with Gasteiger partial charge in [0.25, 0.3) is 0 Å². The Morgan fingerprint density at radius 2 is 2.00 bits per heavy atom. The fourth-order valence-corrected chi connectivity index (χ4v) is 2.43. The van der Waals surface area contributed by atoms with Gasteiger partial charge in [-0.1, -0.05) is 6.07 Å². The molecule has 1 saturated heterocycles. The first kappa shape index (κ1) is 14.9. The molecule has 0 atom stereocenters. The molecule has 3 N–H and O–H groups in total. The number of primary amides is 1. The van der Waals surface area contributed by atoms with Crippen molar-refractivity contribution >= 4 is 5.91 Å². The molecule has 1 aliphatic rings. The van der Waals surface area contributed by atoms with Crippen LogP contribution in [-0.2, 0) is 11.3 Å². The second-order valence-corrected chi connectivity index (χ2v) is 5.15. The van der Waals surface area contributed by atoms with Crippen LogP contribution in [0.15, 0.2) is 18.2 Å². The van der Waals surface area contributed by atoms with Gasteiger partial charge >= 0.3 is 0 Å². The van der Waals surface area contributed by atoms with E-state index in [1.165, 1.54) is 6.07 Å². The quantitative estimate of drug-likeness (QED) is 0.848. The van der Waals surface area contributed by atoms with Crippen molar-refractivity contribution < 1.29 is 13.6 Å². The van der Waals surface area contributed by atoms with E-state index in [1.54, 1.807) is 6.07 Å². The van der Waals surface area contributed by atoms with E-state index in [2.05, 4.69) is 5.32 Å². The van der Waals surface area contributed by atoms with Gasteiger partial charge in [0.15, 0.2) is 11.6 Å². The third-order valence-electron chi connectivity index (χ3n) is 3.55. The number of nitrogens with one attached hydrogen (secondary N) is 1. The fraction of sp³-hybridized carbons (Fsp3) is 0.500. The number of rotatable bonds is 5. The highest BCUT2D eigenvalue weighted by atomic mass is 19.2. The van der Waals surface area contributed by atoms with Gasteiger partial charge in [0.2, 0.25) is 5.91 Å². The summed E-state index contributed by atoms with van der Waals surface area (Å²) in [5.74, 6) is -1.95. The molecule has 2 rings (SSSR count). The van der Waals surface area contributed by atoms with Gasteiger partial charge in [-0.25, -0.2) is 8.78 Å². The number of benzene rings is 1. The van der Waals surface area contributed by atoms with E-state index < -0.39 is 11.6 Å². The summed E-state index contributed by atoms with van der Waals surface area (Å²) in [5.41, 5.74) is 5.88. The van der Waals surface area contributed by atoms with Gasteiger partial charge in [0, 0.05) is 25.7 Å². The van der Waals surface area contributed by atoms with Crippen molar-refractivity contribution in [3.63, 3.8) is 0 Å². The van der Waals surface area contributed by atoms with Crippen molar-refractivity contribution in [2.45, 2.75) is 25.4 Å². The molecule has 0 radical (unpaired) electrons. The third-order valence-corrected chi connectivity index (χ3v) is 3.55. The Balaban J connectivity index is 1.75. The molecule has 1 fully saturated rings. The lowest BCUT2D eigenvalue weighted by Gasteiger charge is -2.31. The van der Waals surface area contributed by atoms with Crippen molar-refractivity contribution in [1.82, 2.24) is 10.2 Å². The van der Waals surface area contributed by atoms with Crippen LogP contribution in [0.1, 0.15) is 18.4 Å². The van der Waals surface area contributed by atoms with Gasteiger partial charge in [0.1, 0.15) is 0 Å². The van der Waals surface area contributed by atoms with E-state index in [9.17, 15) is 13.6 Å². The summed E-state index contributed by atoms with van der Waals surface area (Å²) < 4.78 is 25.9. The van der Waals surface area contributed by atoms with Gasteiger partial charge in [-0.15, -0.1) is 0 Å². The van der Waals surface area contributed by atoms with Gasteiger partial charge in [-0.2, -0.15) is 0 Å². The van der Waals surface area contributed by atoms with Crippen LogP contribution in [0.25, 0.3) is 0 Å². The van der Waals surface area contributed by atoms with Crippen LogP contribution in [0.3, 0.4) is 0 Å². The molecule has 20 heavy (non-hydrogen) atoms. The molecule has 1 amide bonds. The molecule has 4 nitrogen and oxygen atoms in total. The van der Waals surface area contributed by atoms with E-state index in [0.29, 0.717) is 19.1 Å². The normalized spacial score (nSPS) is 17.3. The van der Waals surface area contributed by atoms with E-state index in [0.717, 1.165) is 37.6 Å². The maximum atomic E-state index is 13.1. The third kappa shape index (κ3) is 4.25. The summed E-state index contributed by atoms with van der Waals surface area (Å²) in [4.78, 5) is 12.8. The zero-order valence-corrected chi connectivity index (χ0v) is 11.2. The van der Waals surface area contributed by atoms with Crippen molar-refractivity contribution in [1.29, 1.82) is 0 Å². The highest BCUT2D eigenvalue weighted by Gasteiger charge is 2.19. The van der Waals surface area contributed by atoms with Crippen molar-refractivity contribution in [3.8, 4) is 0 Å². The molecule has 110 valence electrons. The number of piperidine rings is 1. The van der Waals surface area contributed by atoms with E-state index in [4.69, 9.17) is 5.73 Å². The lowest BCUT2D eigenvalue weighted by atomic mass is 10.0. The Bertz CT molecular complexity index is 473. The first-order chi connectivity index (χ1) is 9.54. The summed E-state index contributed by atoms with van der Waals surface area (Å²) in [6.45, 7) is 2.45. The lowest BCUT2D eigenvalue weighted by molar-refractivity contribution is -0.119. The van der Waals surface area contributed by atoms with Crippen LogP contribution in [0.5, 0.6) is 0 Å². The van der Waals surface area contributed by atoms with Gasteiger partial charge in [-0.05, 0) is 30.5 Å². The molecule has 0 aliphatic carbocycles. The van der Waals surface area contributed by atoms with Gasteiger partial charge in [-0.3, -0.25) is 9.69 Å². The average molecular weight is 283 g/mol. The number of carbonyl (C=O) groups excluding carboxylic acids is 1. The largest absolute Gasteiger partial charge is 0.369 e. The maximum Gasteiger partial charge on any atom is 0.231 e. The van der Waals surface area contributed by atoms with Crippen LogP contribution < -0.4 is 11.1 Å². The maximum absolute atomic E-state index is 13.1. The number of carbonyl (C=O) groups is 1. The number of hydrogen-bond acceptors (Lipinski definition) is 3. The molecule has 0 spiro atoms. The second kappa shape index (κ2) is 6.76. The minimum absolute atomic E-state index is 0.301. The zero-order valence-electron chi connectivity index (χ0n) is 11.2. The predicted molar refractivity (Wildman–Crippen MR) is 71.9 cm³/mol.